The standard InChI is InChI=1S/C34H33Cl2F3N2O/c1-40(33(42)29-11-6-8-23-7-2-3-9-27(23)29)22-26(25-13-14-31(35)32(36)21-25)17-20-41-18-15-24(16-19-41)28-10-4-5-12-30(28)34(37,38)39/h2-14,21,24,26H,15-20,22H2,1H3/t26-/m1/s1. The number of carbonyl (C=O) groups excluding carboxylic acids is 1. The van der Waals surface area contributed by atoms with Crippen molar-refractivity contribution in [3.8, 4) is 0 Å². The van der Waals surface area contributed by atoms with E-state index < -0.39 is 11.7 Å². The molecule has 3 nitrogen and oxygen atoms in total. The molecule has 8 heteroatoms. The molecular formula is C34H33Cl2F3N2O. The van der Waals surface area contributed by atoms with Crippen molar-refractivity contribution in [1.29, 1.82) is 0 Å². The number of hydrogen-bond donors (Lipinski definition) is 0. The zero-order valence-electron chi connectivity index (χ0n) is 23.4. The van der Waals surface area contributed by atoms with E-state index in [0.29, 0.717) is 40.6 Å². The molecule has 0 bridgehead atoms. The minimum Gasteiger partial charge on any atom is -0.341 e. The van der Waals surface area contributed by atoms with E-state index >= 15 is 0 Å². The normalized spacial score (nSPS) is 15.6. The number of rotatable bonds is 8. The second-order valence-electron chi connectivity index (χ2n) is 11.1. The number of benzene rings is 4. The lowest BCUT2D eigenvalue weighted by Gasteiger charge is -2.34. The van der Waals surface area contributed by atoms with Crippen molar-refractivity contribution in [3.05, 3.63) is 117 Å². The molecule has 4 aromatic carbocycles. The molecule has 1 atom stereocenters. The number of likely N-dealkylation sites (N-methyl/N-ethyl adjacent to an activating group) is 1. The summed E-state index contributed by atoms with van der Waals surface area (Å²) in [5.41, 5.74) is 1.52. The number of nitrogens with zero attached hydrogens (tertiary/aromatic N) is 2. The lowest BCUT2D eigenvalue weighted by Crippen LogP contribution is -2.36. The topological polar surface area (TPSA) is 23.6 Å². The molecule has 1 heterocycles. The number of amides is 1. The number of halogens is 5. The molecule has 1 amide bonds. The third-order valence-corrected chi connectivity index (χ3v) is 9.10. The Kier molecular flexibility index (Phi) is 9.46. The molecule has 220 valence electrons. The molecule has 1 aliphatic rings. The maximum absolute atomic E-state index is 13.6. The van der Waals surface area contributed by atoms with Gasteiger partial charge in [0.2, 0.25) is 0 Å². The Morgan fingerprint density at radius 2 is 1.62 bits per heavy atom. The summed E-state index contributed by atoms with van der Waals surface area (Å²) in [7, 11) is 1.82. The molecule has 1 fully saturated rings. The number of likely N-dealkylation sites (tertiary alicyclic amines) is 1. The van der Waals surface area contributed by atoms with Gasteiger partial charge in [-0.3, -0.25) is 4.79 Å². The maximum atomic E-state index is 13.6. The van der Waals surface area contributed by atoms with Crippen LogP contribution in [0.4, 0.5) is 13.2 Å². The molecule has 5 rings (SSSR count). The second kappa shape index (κ2) is 13.1. The van der Waals surface area contributed by atoms with Crippen molar-refractivity contribution in [1.82, 2.24) is 9.80 Å². The van der Waals surface area contributed by atoms with Gasteiger partial charge in [-0.2, -0.15) is 13.2 Å². The molecule has 0 unspecified atom stereocenters. The monoisotopic (exact) mass is 612 g/mol. The first-order valence-electron chi connectivity index (χ1n) is 14.2. The zero-order valence-corrected chi connectivity index (χ0v) is 24.9. The van der Waals surface area contributed by atoms with Gasteiger partial charge in [0, 0.05) is 25.1 Å². The van der Waals surface area contributed by atoms with Crippen molar-refractivity contribution in [3.63, 3.8) is 0 Å². The van der Waals surface area contributed by atoms with Gasteiger partial charge in [-0.15, -0.1) is 0 Å². The van der Waals surface area contributed by atoms with Crippen LogP contribution in [-0.2, 0) is 6.18 Å². The molecule has 0 aromatic heterocycles. The average molecular weight is 614 g/mol. The summed E-state index contributed by atoms with van der Waals surface area (Å²) in [5.74, 6) is -0.178. The van der Waals surface area contributed by atoms with Crippen LogP contribution in [0.2, 0.25) is 10.0 Å². The fourth-order valence-corrected chi connectivity index (χ4v) is 6.38. The Morgan fingerprint density at radius 3 is 2.36 bits per heavy atom. The molecular weight excluding hydrogens is 580 g/mol. The Bertz CT molecular complexity index is 1540. The van der Waals surface area contributed by atoms with Crippen LogP contribution in [0, 0.1) is 0 Å². The Balaban J connectivity index is 1.28. The van der Waals surface area contributed by atoms with Crippen molar-refractivity contribution in [2.45, 2.75) is 37.3 Å². The summed E-state index contributed by atoms with van der Waals surface area (Å²) in [4.78, 5) is 17.7. The van der Waals surface area contributed by atoms with Crippen molar-refractivity contribution in [2.75, 3.05) is 33.2 Å². The predicted molar refractivity (Wildman–Crippen MR) is 165 cm³/mol. The van der Waals surface area contributed by atoms with E-state index in [4.69, 9.17) is 23.2 Å². The van der Waals surface area contributed by atoms with Crippen LogP contribution in [0.25, 0.3) is 10.8 Å². The summed E-state index contributed by atoms with van der Waals surface area (Å²) >= 11 is 12.6. The molecule has 0 radical (unpaired) electrons. The first kappa shape index (κ1) is 30.4. The second-order valence-corrected chi connectivity index (χ2v) is 11.9. The Hall–Kier alpha value is -3.06. The minimum atomic E-state index is -4.35. The highest BCUT2D eigenvalue weighted by molar-refractivity contribution is 6.42. The third-order valence-electron chi connectivity index (χ3n) is 8.36. The summed E-state index contributed by atoms with van der Waals surface area (Å²) < 4.78 is 40.8. The Labute approximate surface area is 254 Å². The summed E-state index contributed by atoms with van der Waals surface area (Å²) in [6.45, 7) is 2.68. The van der Waals surface area contributed by atoms with Gasteiger partial charge < -0.3 is 9.80 Å². The SMILES string of the molecule is CN(C[C@@H](CCN1CCC(c2ccccc2C(F)(F)F)CC1)c1ccc(Cl)c(Cl)c1)C(=O)c1cccc2ccccc12. The number of hydrogen-bond acceptors (Lipinski definition) is 2. The first-order valence-corrected chi connectivity index (χ1v) is 14.9. The zero-order chi connectivity index (χ0) is 29.9. The average Bonchev–Trinajstić information content (AvgIpc) is 2.99. The first-order chi connectivity index (χ1) is 20.1. The largest absolute Gasteiger partial charge is 0.416 e. The van der Waals surface area contributed by atoms with E-state index in [1.54, 1.807) is 23.1 Å². The van der Waals surface area contributed by atoms with Crippen LogP contribution in [0.3, 0.4) is 0 Å². The molecule has 0 aliphatic carbocycles. The lowest BCUT2D eigenvalue weighted by atomic mass is 9.86. The summed E-state index contributed by atoms with van der Waals surface area (Å²) in [5, 5.41) is 2.86. The van der Waals surface area contributed by atoms with E-state index in [0.717, 1.165) is 42.4 Å². The summed E-state index contributed by atoms with van der Waals surface area (Å²) in [6, 6.07) is 25.1. The number of carbonyl (C=O) groups is 1. The fourth-order valence-electron chi connectivity index (χ4n) is 6.08. The van der Waals surface area contributed by atoms with Gasteiger partial charge >= 0.3 is 6.18 Å². The van der Waals surface area contributed by atoms with Crippen molar-refractivity contribution in [2.24, 2.45) is 0 Å². The van der Waals surface area contributed by atoms with E-state index in [-0.39, 0.29) is 17.7 Å². The van der Waals surface area contributed by atoms with Crippen LogP contribution >= 0.6 is 23.2 Å². The highest BCUT2D eigenvalue weighted by atomic mass is 35.5. The van der Waals surface area contributed by atoms with Crippen LogP contribution in [0.15, 0.2) is 84.9 Å². The van der Waals surface area contributed by atoms with Crippen molar-refractivity contribution < 1.29 is 18.0 Å². The van der Waals surface area contributed by atoms with E-state index in [1.165, 1.54) is 12.1 Å². The van der Waals surface area contributed by atoms with Gasteiger partial charge in [-0.05, 0) is 91.0 Å². The van der Waals surface area contributed by atoms with Crippen molar-refractivity contribution >= 4 is 39.9 Å². The molecule has 1 saturated heterocycles. The molecule has 0 spiro atoms. The fraction of sp³-hybridized carbons (Fsp3) is 0.324. The van der Waals surface area contributed by atoms with Gasteiger partial charge in [0.25, 0.3) is 5.91 Å². The van der Waals surface area contributed by atoms with E-state index in [9.17, 15) is 18.0 Å². The van der Waals surface area contributed by atoms with Crippen LogP contribution < -0.4 is 0 Å². The molecule has 0 saturated carbocycles. The number of alkyl halides is 3. The van der Waals surface area contributed by atoms with Crippen LogP contribution in [0.1, 0.15) is 58.1 Å². The molecule has 42 heavy (non-hydrogen) atoms. The number of piperidine rings is 1. The maximum Gasteiger partial charge on any atom is 0.416 e. The quantitative estimate of drug-likeness (QED) is 0.198. The van der Waals surface area contributed by atoms with Gasteiger partial charge in [-0.25, -0.2) is 0 Å². The third kappa shape index (κ3) is 6.94. The smallest absolute Gasteiger partial charge is 0.341 e. The highest BCUT2D eigenvalue weighted by Crippen LogP contribution is 2.39. The van der Waals surface area contributed by atoms with Gasteiger partial charge in [0.15, 0.2) is 0 Å². The molecule has 0 N–H and O–H groups in total. The Morgan fingerprint density at radius 1 is 0.929 bits per heavy atom. The van der Waals surface area contributed by atoms with Crippen LogP contribution in [0.5, 0.6) is 0 Å². The van der Waals surface area contributed by atoms with E-state index in [1.807, 2.05) is 61.6 Å². The molecule has 4 aromatic rings. The highest BCUT2D eigenvalue weighted by Gasteiger charge is 2.35. The van der Waals surface area contributed by atoms with Gasteiger partial charge in [-0.1, -0.05) is 83.9 Å². The van der Waals surface area contributed by atoms with Gasteiger partial charge in [0.05, 0.1) is 15.6 Å². The number of fused-ring (bicyclic) bond motifs is 1. The van der Waals surface area contributed by atoms with E-state index in [2.05, 4.69) is 4.90 Å². The van der Waals surface area contributed by atoms with Gasteiger partial charge in [0.1, 0.15) is 0 Å². The lowest BCUT2D eigenvalue weighted by molar-refractivity contribution is -0.138. The summed E-state index contributed by atoms with van der Waals surface area (Å²) in [6.07, 6.45) is -2.25. The minimum absolute atomic E-state index is 0.00706. The predicted octanol–water partition coefficient (Wildman–Crippen LogP) is 9.29. The molecule has 1 aliphatic heterocycles. The van der Waals surface area contributed by atoms with Crippen LogP contribution in [-0.4, -0.2) is 48.9 Å².